The molecular formula is C11H15NO3S. The molecule has 0 aliphatic heterocycles. The minimum atomic E-state index is -0.918. The van der Waals surface area contributed by atoms with Gasteiger partial charge in [-0.2, -0.15) is 0 Å². The van der Waals surface area contributed by atoms with E-state index in [0.29, 0.717) is 0 Å². The third-order valence-electron chi connectivity index (χ3n) is 1.87. The SMILES string of the molecule is CCOCCCSc1cc(C(=O)O)ccn1. The van der Waals surface area contributed by atoms with Gasteiger partial charge in [0.25, 0.3) is 0 Å². The zero-order valence-corrected chi connectivity index (χ0v) is 10.00. The third kappa shape index (κ3) is 4.63. The Labute approximate surface area is 99.0 Å². The number of aromatic nitrogens is 1. The van der Waals surface area contributed by atoms with Gasteiger partial charge in [0.2, 0.25) is 0 Å². The van der Waals surface area contributed by atoms with E-state index >= 15 is 0 Å². The summed E-state index contributed by atoms with van der Waals surface area (Å²) in [5.74, 6) is -0.0330. The lowest BCUT2D eigenvalue weighted by atomic mass is 10.3. The number of ether oxygens (including phenoxy) is 1. The molecule has 1 heterocycles. The first-order chi connectivity index (χ1) is 7.74. The Morgan fingerprint density at radius 1 is 1.62 bits per heavy atom. The smallest absolute Gasteiger partial charge is 0.335 e. The number of thioether (sulfide) groups is 1. The quantitative estimate of drug-likeness (QED) is 0.586. The van der Waals surface area contributed by atoms with Crippen LogP contribution in [0.4, 0.5) is 0 Å². The molecule has 0 amide bonds. The summed E-state index contributed by atoms with van der Waals surface area (Å²) in [4.78, 5) is 14.8. The van der Waals surface area contributed by atoms with E-state index in [-0.39, 0.29) is 5.56 Å². The lowest BCUT2D eigenvalue weighted by molar-refractivity contribution is 0.0696. The van der Waals surface area contributed by atoms with E-state index in [9.17, 15) is 4.79 Å². The molecule has 16 heavy (non-hydrogen) atoms. The highest BCUT2D eigenvalue weighted by molar-refractivity contribution is 7.99. The summed E-state index contributed by atoms with van der Waals surface area (Å²) in [6, 6.07) is 3.08. The van der Waals surface area contributed by atoms with Crippen LogP contribution in [0.25, 0.3) is 0 Å². The highest BCUT2D eigenvalue weighted by Gasteiger charge is 2.04. The number of carboxylic acids is 1. The Balaban J connectivity index is 2.36. The molecule has 4 nitrogen and oxygen atoms in total. The van der Waals surface area contributed by atoms with Gasteiger partial charge in [0.15, 0.2) is 0 Å². The molecule has 5 heteroatoms. The Morgan fingerprint density at radius 3 is 3.12 bits per heavy atom. The molecule has 0 fully saturated rings. The number of carbonyl (C=O) groups is 1. The summed E-state index contributed by atoms with van der Waals surface area (Å²) in [7, 11) is 0. The van der Waals surface area contributed by atoms with Crippen molar-refractivity contribution in [2.45, 2.75) is 18.4 Å². The number of pyridine rings is 1. The maximum Gasteiger partial charge on any atom is 0.335 e. The monoisotopic (exact) mass is 241 g/mol. The highest BCUT2D eigenvalue weighted by atomic mass is 32.2. The average Bonchev–Trinajstić information content (AvgIpc) is 2.29. The first kappa shape index (κ1) is 13.0. The van der Waals surface area contributed by atoms with E-state index in [1.807, 2.05) is 6.92 Å². The maximum atomic E-state index is 10.7. The summed E-state index contributed by atoms with van der Waals surface area (Å²) in [5.41, 5.74) is 0.280. The second-order valence-electron chi connectivity index (χ2n) is 3.09. The molecule has 0 radical (unpaired) electrons. The van der Waals surface area contributed by atoms with Crippen LogP contribution in [0.15, 0.2) is 23.4 Å². The van der Waals surface area contributed by atoms with Crippen LogP contribution in [0.3, 0.4) is 0 Å². The number of carboxylic acid groups (broad SMARTS) is 1. The lowest BCUT2D eigenvalue weighted by Crippen LogP contribution is -1.98. The summed E-state index contributed by atoms with van der Waals surface area (Å²) >= 11 is 1.55. The summed E-state index contributed by atoms with van der Waals surface area (Å²) in [6.07, 6.45) is 2.46. The van der Waals surface area contributed by atoms with Crippen LogP contribution < -0.4 is 0 Å². The normalized spacial score (nSPS) is 10.3. The summed E-state index contributed by atoms with van der Waals surface area (Å²) in [5, 5.41) is 9.54. The number of hydrogen-bond donors (Lipinski definition) is 1. The number of aromatic carboxylic acids is 1. The molecule has 0 aliphatic rings. The van der Waals surface area contributed by atoms with Gasteiger partial charge in [-0.25, -0.2) is 9.78 Å². The molecule has 0 atom stereocenters. The third-order valence-corrected chi connectivity index (χ3v) is 2.88. The van der Waals surface area contributed by atoms with Gasteiger partial charge in [0, 0.05) is 25.2 Å². The van der Waals surface area contributed by atoms with Crippen molar-refractivity contribution in [3.8, 4) is 0 Å². The van der Waals surface area contributed by atoms with Crippen LogP contribution in [0.5, 0.6) is 0 Å². The van der Waals surface area contributed by atoms with Crippen molar-refractivity contribution in [1.82, 2.24) is 4.98 Å². The van der Waals surface area contributed by atoms with Gasteiger partial charge in [-0.05, 0) is 25.5 Å². The molecule has 0 bridgehead atoms. The van der Waals surface area contributed by atoms with Crippen LogP contribution >= 0.6 is 11.8 Å². The Hall–Kier alpha value is -1.07. The van der Waals surface area contributed by atoms with Crippen molar-refractivity contribution in [3.63, 3.8) is 0 Å². The van der Waals surface area contributed by atoms with Crippen molar-refractivity contribution >= 4 is 17.7 Å². The van der Waals surface area contributed by atoms with Gasteiger partial charge in [-0.15, -0.1) is 11.8 Å². The second-order valence-corrected chi connectivity index (χ2v) is 4.20. The van der Waals surface area contributed by atoms with Gasteiger partial charge < -0.3 is 9.84 Å². The molecule has 1 aromatic rings. The van der Waals surface area contributed by atoms with Crippen molar-refractivity contribution < 1.29 is 14.6 Å². The average molecular weight is 241 g/mol. The van der Waals surface area contributed by atoms with E-state index in [1.165, 1.54) is 12.3 Å². The second kappa shape index (κ2) is 7.24. The fourth-order valence-corrected chi connectivity index (χ4v) is 1.92. The highest BCUT2D eigenvalue weighted by Crippen LogP contribution is 2.17. The van der Waals surface area contributed by atoms with Gasteiger partial charge in [-0.3, -0.25) is 0 Å². The predicted molar refractivity (Wildman–Crippen MR) is 63.0 cm³/mol. The minimum absolute atomic E-state index is 0.280. The van der Waals surface area contributed by atoms with E-state index in [4.69, 9.17) is 9.84 Å². The van der Waals surface area contributed by atoms with E-state index in [0.717, 1.165) is 30.4 Å². The molecule has 0 aliphatic carbocycles. The Bertz CT molecular complexity index is 344. The fourth-order valence-electron chi connectivity index (χ4n) is 1.10. The zero-order valence-electron chi connectivity index (χ0n) is 9.18. The van der Waals surface area contributed by atoms with Gasteiger partial charge in [0.1, 0.15) is 0 Å². The predicted octanol–water partition coefficient (Wildman–Crippen LogP) is 2.30. The topological polar surface area (TPSA) is 59.4 Å². The van der Waals surface area contributed by atoms with Crippen LogP contribution in [-0.4, -0.2) is 35.0 Å². The fraction of sp³-hybridized carbons (Fsp3) is 0.455. The number of nitrogens with zero attached hydrogens (tertiary/aromatic N) is 1. The molecule has 0 saturated heterocycles. The van der Waals surface area contributed by atoms with Crippen LogP contribution in [-0.2, 0) is 4.74 Å². The van der Waals surface area contributed by atoms with E-state index in [1.54, 1.807) is 17.8 Å². The largest absolute Gasteiger partial charge is 0.478 e. The molecule has 0 spiro atoms. The van der Waals surface area contributed by atoms with Crippen molar-refractivity contribution in [2.24, 2.45) is 0 Å². The minimum Gasteiger partial charge on any atom is -0.478 e. The van der Waals surface area contributed by atoms with Gasteiger partial charge in [0.05, 0.1) is 10.6 Å². The van der Waals surface area contributed by atoms with Crippen molar-refractivity contribution in [2.75, 3.05) is 19.0 Å². The van der Waals surface area contributed by atoms with Crippen LogP contribution in [0.1, 0.15) is 23.7 Å². The number of hydrogen-bond acceptors (Lipinski definition) is 4. The molecule has 1 N–H and O–H groups in total. The molecule has 88 valence electrons. The van der Waals surface area contributed by atoms with Crippen molar-refractivity contribution in [1.29, 1.82) is 0 Å². The standard InChI is InChI=1S/C11H15NO3S/c1-2-15-6-3-7-16-10-8-9(11(13)14)4-5-12-10/h4-5,8H,2-3,6-7H2,1H3,(H,13,14). The molecular weight excluding hydrogens is 226 g/mol. The number of rotatable bonds is 7. The van der Waals surface area contributed by atoms with Crippen molar-refractivity contribution in [3.05, 3.63) is 23.9 Å². The van der Waals surface area contributed by atoms with Gasteiger partial charge in [-0.1, -0.05) is 0 Å². The lowest BCUT2D eigenvalue weighted by Gasteiger charge is -2.02. The van der Waals surface area contributed by atoms with E-state index < -0.39 is 5.97 Å². The Morgan fingerprint density at radius 2 is 2.44 bits per heavy atom. The Kier molecular flexibility index (Phi) is 5.88. The van der Waals surface area contributed by atoms with Gasteiger partial charge >= 0.3 is 5.97 Å². The van der Waals surface area contributed by atoms with E-state index in [2.05, 4.69) is 4.98 Å². The first-order valence-electron chi connectivity index (χ1n) is 5.14. The summed E-state index contributed by atoms with van der Waals surface area (Å²) < 4.78 is 5.21. The first-order valence-corrected chi connectivity index (χ1v) is 6.12. The molecule has 0 saturated carbocycles. The molecule has 0 unspecified atom stereocenters. The zero-order chi connectivity index (χ0) is 11.8. The molecule has 1 aromatic heterocycles. The molecule has 0 aromatic carbocycles. The molecule has 1 rings (SSSR count). The van der Waals surface area contributed by atoms with Crippen LogP contribution in [0.2, 0.25) is 0 Å². The maximum absolute atomic E-state index is 10.7. The van der Waals surface area contributed by atoms with Crippen LogP contribution in [0, 0.1) is 0 Å². The summed E-state index contributed by atoms with van der Waals surface area (Å²) in [6.45, 7) is 3.44.